The van der Waals surface area contributed by atoms with E-state index in [2.05, 4.69) is 11.7 Å². The SMILES string of the molecule is CCCCC[C@H](O)/C=C/[C@H](O)CCCCCCCCC(=O)OC. The Morgan fingerprint density at radius 2 is 1.35 bits per heavy atom. The van der Waals surface area contributed by atoms with Gasteiger partial charge in [0.2, 0.25) is 0 Å². The number of carbonyl (C=O) groups is 1. The molecule has 0 bridgehead atoms. The lowest BCUT2D eigenvalue weighted by Gasteiger charge is -2.08. The molecule has 0 aromatic heterocycles. The Kier molecular flexibility index (Phi) is 15.4. The highest BCUT2D eigenvalue weighted by Gasteiger charge is 2.03. The summed E-state index contributed by atoms with van der Waals surface area (Å²) in [6, 6.07) is 0. The van der Waals surface area contributed by atoms with Crippen molar-refractivity contribution >= 4 is 5.97 Å². The molecular weight excluding hydrogens is 292 g/mol. The van der Waals surface area contributed by atoms with Gasteiger partial charge < -0.3 is 14.9 Å². The minimum Gasteiger partial charge on any atom is -0.469 e. The maximum Gasteiger partial charge on any atom is 0.305 e. The summed E-state index contributed by atoms with van der Waals surface area (Å²) >= 11 is 0. The number of unbranched alkanes of at least 4 members (excludes halogenated alkanes) is 7. The van der Waals surface area contributed by atoms with E-state index in [9.17, 15) is 15.0 Å². The Morgan fingerprint density at radius 1 is 0.870 bits per heavy atom. The van der Waals surface area contributed by atoms with Gasteiger partial charge in [-0.1, -0.05) is 70.4 Å². The molecule has 0 saturated carbocycles. The average molecular weight is 328 g/mol. The van der Waals surface area contributed by atoms with Crippen LogP contribution in [0.2, 0.25) is 0 Å². The van der Waals surface area contributed by atoms with Gasteiger partial charge in [-0.15, -0.1) is 0 Å². The quantitative estimate of drug-likeness (QED) is 0.269. The molecule has 0 aromatic rings. The number of esters is 1. The normalized spacial score (nSPS) is 14.1. The van der Waals surface area contributed by atoms with Crippen LogP contribution in [0.3, 0.4) is 0 Å². The van der Waals surface area contributed by atoms with E-state index in [0.717, 1.165) is 70.6 Å². The molecule has 2 N–H and O–H groups in total. The first-order chi connectivity index (χ1) is 11.1. The fourth-order valence-corrected chi connectivity index (χ4v) is 2.48. The highest BCUT2D eigenvalue weighted by molar-refractivity contribution is 5.68. The van der Waals surface area contributed by atoms with Crippen LogP contribution in [0.5, 0.6) is 0 Å². The number of aliphatic hydroxyl groups excluding tert-OH is 2. The van der Waals surface area contributed by atoms with Crippen LogP contribution in [0.25, 0.3) is 0 Å². The van der Waals surface area contributed by atoms with Crippen molar-refractivity contribution in [3.05, 3.63) is 12.2 Å². The van der Waals surface area contributed by atoms with Crippen molar-refractivity contribution in [1.82, 2.24) is 0 Å². The van der Waals surface area contributed by atoms with Gasteiger partial charge in [-0.25, -0.2) is 0 Å². The molecule has 0 saturated heterocycles. The van der Waals surface area contributed by atoms with Crippen LogP contribution in [0, 0.1) is 0 Å². The summed E-state index contributed by atoms with van der Waals surface area (Å²) in [4.78, 5) is 10.9. The van der Waals surface area contributed by atoms with Crippen LogP contribution < -0.4 is 0 Å². The second kappa shape index (κ2) is 16.0. The van der Waals surface area contributed by atoms with Gasteiger partial charge in [-0.3, -0.25) is 4.79 Å². The van der Waals surface area contributed by atoms with Gasteiger partial charge in [0.25, 0.3) is 0 Å². The zero-order chi connectivity index (χ0) is 17.3. The highest BCUT2D eigenvalue weighted by Crippen LogP contribution is 2.11. The lowest BCUT2D eigenvalue weighted by molar-refractivity contribution is -0.140. The number of methoxy groups -OCH3 is 1. The Balaban J connectivity index is 3.45. The van der Waals surface area contributed by atoms with E-state index in [1.807, 2.05) is 0 Å². The third-order valence-corrected chi connectivity index (χ3v) is 4.02. The molecule has 0 fully saturated rings. The average Bonchev–Trinajstić information content (AvgIpc) is 2.55. The van der Waals surface area contributed by atoms with Gasteiger partial charge in [-0.05, 0) is 19.3 Å². The first-order valence-corrected chi connectivity index (χ1v) is 9.21. The Labute approximate surface area is 141 Å². The number of carbonyl (C=O) groups excluding carboxylic acids is 1. The smallest absolute Gasteiger partial charge is 0.305 e. The summed E-state index contributed by atoms with van der Waals surface area (Å²) in [5, 5.41) is 19.6. The number of ether oxygens (including phenoxy) is 1. The molecule has 0 unspecified atom stereocenters. The molecule has 136 valence electrons. The standard InChI is InChI=1S/C19H36O4/c1-3-4-9-12-17(20)15-16-18(21)13-10-7-5-6-8-11-14-19(22)23-2/h15-18,20-21H,3-14H2,1-2H3/b16-15+/t17-,18+/m0/s1. The van der Waals surface area contributed by atoms with Gasteiger partial charge in [0.1, 0.15) is 0 Å². The molecule has 4 nitrogen and oxygen atoms in total. The first-order valence-electron chi connectivity index (χ1n) is 9.21. The fourth-order valence-electron chi connectivity index (χ4n) is 2.48. The maximum absolute atomic E-state index is 10.9. The topological polar surface area (TPSA) is 66.8 Å². The maximum atomic E-state index is 10.9. The van der Waals surface area contributed by atoms with Crippen LogP contribution in [-0.4, -0.2) is 35.5 Å². The lowest BCUT2D eigenvalue weighted by Crippen LogP contribution is -2.06. The van der Waals surface area contributed by atoms with E-state index in [4.69, 9.17) is 0 Å². The third-order valence-electron chi connectivity index (χ3n) is 4.02. The van der Waals surface area contributed by atoms with Crippen LogP contribution in [-0.2, 0) is 9.53 Å². The molecule has 0 radical (unpaired) electrons. The van der Waals surface area contributed by atoms with Crippen LogP contribution in [0.4, 0.5) is 0 Å². The molecule has 0 heterocycles. The molecule has 2 atom stereocenters. The predicted molar refractivity (Wildman–Crippen MR) is 94.2 cm³/mol. The van der Waals surface area contributed by atoms with Crippen LogP contribution in [0.1, 0.15) is 84.0 Å². The number of rotatable bonds is 15. The van der Waals surface area contributed by atoms with Gasteiger partial charge in [0.15, 0.2) is 0 Å². The van der Waals surface area contributed by atoms with E-state index in [0.29, 0.717) is 6.42 Å². The third kappa shape index (κ3) is 15.8. The van der Waals surface area contributed by atoms with Crippen LogP contribution in [0.15, 0.2) is 12.2 Å². The Hall–Kier alpha value is -0.870. The fraction of sp³-hybridized carbons (Fsp3) is 0.842. The highest BCUT2D eigenvalue weighted by atomic mass is 16.5. The molecule has 0 aromatic carbocycles. The molecule has 0 rings (SSSR count). The zero-order valence-electron chi connectivity index (χ0n) is 15.0. The molecule has 0 aliphatic carbocycles. The minimum atomic E-state index is -0.449. The van der Waals surface area contributed by atoms with E-state index in [1.54, 1.807) is 12.2 Å². The summed E-state index contributed by atoms with van der Waals surface area (Å²) in [5.41, 5.74) is 0. The molecule has 0 aliphatic heterocycles. The van der Waals surface area contributed by atoms with Gasteiger partial charge in [-0.2, -0.15) is 0 Å². The second-order valence-corrected chi connectivity index (χ2v) is 6.25. The van der Waals surface area contributed by atoms with Gasteiger partial charge in [0, 0.05) is 6.42 Å². The monoisotopic (exact) mass is 328 g/mol. The minimum absolute atomic E-state index is 0.128. The van der Waals surface area contributed by atoms with E-state index >= 15 is 0 Å². The summed E-state index contributed by atoms with van der Waals surface area (Å²) in [6.07, 6.45) is 14.3. The summed E-state index contributed by atoms with van der Waals surface area (Å²) < 4.78 is 4.60. The van der Waals surface area contributed by atoms with Crippen molar-refractivity contribution in [3.63, 3.8) is 0 Å². The molecule has 4 heteroatoms. The van der Waals surface area contributed by atoms with Crippen molar-refractivity contribution in [3.8, 4) is 0 Å². The van der Waals surface area contributed by atoms with Crippen molar-refractivity contribution in [2.75, 3.05) is 7.11 Å². The van der Waals surface area contributed by atoms with Crippen molar-refractivity contribution in [2.45, 2.75) is 96.2 Å². The summed E-state index contributed by atoms with van der Waals surface area (Å²) in [7, 11) is 1.42. The molecule has 0 aliphatic rings. The summed E-state index contributed by atoms with van der Waals surface area (Å²) in [6.45, 7) is 2.14. The molecular formula is C19H36O4. The first kappa shape index (κ1) is 22.1. The number of hydrogen-bond acceptors (Lipinski definition) is 4. The van der Waals surface area contributed by atoms with Crippen molar-refractivity contribution in [2.24, 2.45) is 0 Å². The molecule has 23 heavy (non-hydrogen) atoms. The summed E-state index contributed by atoms with van der Waals surface area (Å²) in [5.74, 6) is -0.128. The number of hydrogen-bond donors (Lipinski definition) is 2. The lowest BCUT2D eigenvalue weighted by atomic mass is 10.0. The van der Waals surface area contributed by atoms with E-state index in [1.165, 1.54) is 7.11 Å². The van der Waals surface area contributed by atoms with Crippen LogP contribution >= 0.6 is 0 Å². The largest absolute Gasteiger partial charge is 0.469 e. The van der Waals surface area contributed by atoms with Gasteiger partial charge in [0.05, 0.1) is 19.3 Å². The van der Waals surface area contributed by atoms with E-state index < -0.39 is 12.2 Å². The molecule has 0 spiro atoms. The van der Waals surface area contributed by atoms with Crippen molar-refractivity contribution < 1.29 is 19.7 Å². The van der Waals surface area contributed by atoms with E-state index in [-0.39, 0.29) is 5.97 Å². The predicted octanol–water partition coefficient (Wildman–Crippen LogP) is 4.14. The van der Waals surface area contributed by atoms with Crippen molar-refractivity contribution in [1.29, 1.82) is 0 Å². The number of aliphatic hydroxyl groups is 2. The Bertz CT molecular complexity index is 302. The Morgan fingerprint density at radius 3 is 1.87 bits per heavy atom. The zero-order valence-corrected chi connectivity index (χ0v) is 15.0. The van der Waals surface area contributed by atoms with Gasteiger partial charge >= 0.3 is 5.97 Å². The second-order valence-electron chi connectivity index (χ2n) is 6.25. The molecule has 0 amide bonds.